The van der Waals surface area contributed by atoms with Gasteiger partial charge >= 0.3 is 0 Å². The molecule has 8 heavy (non-hydrogen) atoms. The maximum Gasteiger partial charge on any atom is -0.0268 e. The van der Waals surface area contributed by atoms with Gasteiger partial charge in [0.15, 0.2) is 0 Å². The summed E-state index contributed by atoms with van der Waals surface area (Å²) < 4.78 is 0. The van der Waals surface area contributed by atoms with Gasteiger partial charge in [-0.1, -0.05) is 26.7 Å². The van der Waals surface area contributed by atoms with Crippen LogP contribution in [0, 0.1) is 0 Å². The predicted molar refractivity (Wildman–Crippen MR) is 43.2 cm³/mol. The van der Waals surface area contributed by atoms with E-state index in [-0.39, 0.29) is 0 Å². The fourth-order valence-electron chi connectivity index (χ4n) is 0.655. The van der Waals surface area contributed by atoms with E-state index in [9.17, 15) is 0 Å². The van der Waals surface area contributed by atoms with Crippen LogP contribution in [0.1, 0.15) is 33.1 Å². The molecule has 2 unspecified atom stereocenters. The molecule has 0 spiro atoms. The summed E-state index contributed by atoms with van der Waals surface area (Å²) in [5, 5.41) is 0. The first kappa shape index (κ1) is 8.43. The Morgan fingerprint density at radius 2 is 2.12 bits per heavy atom. The summed E-state index contributed by atoms with van der Waals surface area (Å²) >= 11 is 0. The van der Waals surface area contributed by atoms with Gasteiger partial charge in [0.1, 0.15) is 0 Å². The zero-order valence-corrected chi connectivity index (χ0v) is 7.20. The molecule has 0 fully saturated rings. The van der Waals surface area contributed by atoms with Crippen molar-refractivity contribution in [3.8, 4) is 0 Å². The molecular weight excluding hydrogens is 115 g/mol. The molecule has 0 amide bonds. The molecule has 0 nitrogen and oxygen atoms in total. The lowest BCUT2D eigenvalue weighted by Crippen LogP contribution is -1.90. The average molecular weight is 132 g/mol. The summed E-state index contributed by atoms with van der Waals surface area (Å²) in [6.45, 7) is 6.89. The molecule has 0 aliphatic rings. The second-order valence-electron chi connectivity index (χ2n) is 2.33. The van der Waals surface area contributed by atoms with Crippen molar-refractivity contribution in [2.75, 3.05) is 6.66 Å². The number of unbranched alkanes of at least 4 members (excludes halogenated alkanes) is 1. The van der Waals surface area contributed by atoms with E-state index in [1.54, 1.807) is 0 Å². The van der Waals surface area contributed by atoms with Gasteiger partial charge in [-0.25, -0.2) is 0 Å². The molecule has 0 aromatic carbocycles. The second-order valence-corrected chi connectivity index (χ2v) is 3.89. The van der Waals surface area contributed by atoms with Crippen molar-refractivity contribution in [2.45, 2.75) is 38.8 Å². The first-order valence-corrected chi connectivity index (χ1v) is 5.06. The van der Waals surface area contributed by atoms with Crippen LogP contribution in [0.4, 0.5) is 0 Å². The van der Waals surface area contributed by atoms with Crippen LogP contribution in [0.2, 0.25) is 0 Å². The zero-order chi connectivity index (χ0) is 6.41. The van der Waals surface area contributed by atoms with Crippen LogP contribution in [0.5, 0.6) is 0 Å². The minimum Gasteiger partial charge on any atom is -0.122 e. The van der Waals surface area contributed by atoms with Crippen molar-refractivity contribution in [3.63, 3.8) is 0 Å². The third kappa shape index (κ3) is 4.59. The third-order valence-electron chi connectivity index (χ3n) is 1.48. The van der Waals surface area contributed by atoms with E-state index in [2.05, 4.69) is 20.5 Å². The van der Waals surface area contributed by atoms with Gasteiger partial charge in [-0.2, -0.15) is 0 Å². The van der Waals surface area contributed by atoms with E-state index < -0.39 is 0 Å². The minimum atomic E-state index is 0.981. The Morgan fingerprint density at radius 1 is 1.50 bits per heavy atom. The molecule has 0 bridgehead atoms. The zero-order valence-electron chi connectivity index (χ0n) is 6.20. The molecule has 0 rings (SSSR count). The molecule has 2 atom stereocenters. The first-order chi connectivity index (χ1) is 3.81. The fourth-order valence-corrected chi connectivity index (χ4v) is 1.15. The summed E-state index contributed by atoms with van der Waals surface area (Å²) in [6, 6.07) is 0. The molecule has 0 N–H and O–H groups in total. The Bertz CT molecular complexity index is 43.7. The Balaban J connectivity index is 2.86. The van der Waals surface area contributed by atoms with E-state index in [0.717, 1.165) is 14.2 Å². The van der Waals surface area contributed by atoms with Crippen molar-refractivity contribution in [3.05, 3.63) is 0 Å². The number of rotatable bonds is 4. The summed E-state index contributed by atoms with van der Waals surface area (Å²) in [6.07, 6.45) is 4.21. The summed E-state index contributed by atoms with van der Waals surface area (Å²) in [5.74, 6) is 0. The highest BCUT2D eigenvalue weighted by Gasteiger charge is 1.94. The SMILES string of the molecule is CCCCC(C)PC. The lowest BCUT2D eigenvalue weighted by atomic mass is 10.2. The van der Waals surface area contributed by atoms with Gasteiger partial charge in [0.2, 0.25) is 0 Å². The molecule has 0 aliphatic carbocycles. The Kier molecular flexibility index (Phi) is 5.86. The molecular formula is C7H17P. The molecule has 0 aliphatic heterocycles. The number of hydrogen-bond acceptors (Lipinski definition) is 0. The highest BCUT2D eigenvalue weighted by molar-refractivity contribution is 7.37. The summed E-state index contributed by atoms with van der Waals surface area (Å²) in [7, 11) is 1.14. The molecule has 0 aromatic rings. The standard InChI is InChI=1S/C7H17P/c1-4-5-6-7(2)8-3/h7-8H,4-6H2,1-3H3. The van der Waals surface area contributed by atoms with Gasteiger partial charge in [0, 0.05) is 0 Å². The van der Waals surface area contributed by atoms with Crippen LogP contribution < -0.4 is 0 Å². The van der Waals surface area contributed by atoms with Crippen molar-refractivity contribution < 1.29 is 0 Å². The molecule has 0 heterocycles. The van der Waals surface area contributed by atoms with Crippen molar-refractivity contribution >= 4 is 8.58 Å². The molecule has 0 aromatic heterocycles. The Labute approximate surface area is 54.8 Å². The van der Waals surface area contributed by atoms with Crippen LogP contribution in [0.3, 0.4) is 0 Å². The van der Waals surface area contributed by atoms with Gasteiger partial charge < -0.3 is 0 Å². The van der Waals surface area contributed by atoms with E-state index in [1.807, 2.05) is 0 Å². The number of hydrogen-bond donors (Lipinski definition) is 0. The Morgan fingerprint density at radius 3 is 2.50 bits per heavy atom. The fraction of sp³-hybridized carbons (Fsp3) is 1.00. The van der Waals surface area contributed by atoms with E-state index in [0.29, 0.717) is 0 Å². The quantitative estimate of drug-likeness (QED) is 0.516. The van der Waals surface area contributed by atoms with Crippen LogP contribution in [0.25, 0.3) is 0 Å². The average Bonchev–Trinajstić information content (AvgIpc) is 1.83. The Hall–Kier alpha value is 0.430. The minimum absolute atomic E-state index is 0.981. The topological polar surface area (TPSA) is 0 Å². The highest BCUT2D eigenvalue weighted by atomic mass is 31.1. The lowest BCUT2D eigenvalue weighted by molar-refractivity contribution is 0.711. The monoisotopic (exact) mass is 132 g/mol. The molecule has 50 valence electrons. The smallest absolute Gasteiger partial charge is 0.0268 e. The third-order valence-corrected chi connectivity index (χ3v) is 2.76. The van der Waals surface area contributed by atoms with Gasteiger partial charge in [0.25, 0.3) is 0 Å². The van der Waals surface area contributed by atoms with E-state index in [4.69, 9.17) is 0 Å². The van der Waals surface area contributed by atoms with Gasteiger partial charge in [-0.3, -0.25) is 0 Å². The summed E-state index contributed by atoms with van der Waals surface area (Å²) in [5.41, 5.74) is 0.981. The molecule has 0 saturated heterocycles. The van der Waals surface area contributed by atoms with Crippen LogP contribution in [0.15, 0.2) is 0 Å². The predicted octanol–water partition coefficient (Wildman–Crippen LogP) is 2.87. The van der Waals surface area contributed by atoms with E-state index >= 15 is 0 Å². The van der Waals surface area contributed by atoms with Crippen LogP contribution in [-0.4, -0.2) is 12.3 Å². The second kappa shape index (κ2) is 5.56. The van der Waals surface area contributed by atoms with Gasteiger partial charge in [-0.05, 0) is 18.7 Å². The normalized spacial score (nSPS) is 15.4. The first-order valence-electron chi connectivity index (χ1n) is 3.48. The van der Waals surface area contributed by atoms with E-state index in [1.165, 1.54) is 19.3 Å². The van der Waals surface area contributed by atoms with Crippen molar-refractivity contribution in [2.24, 2.45) is 0 Å². The van der Waals surface area contributed by atoms with Crippen LogP contribution >= 0.6 is 8.58 Å². The molecule has 0 radical (unpaired) electrons. The van der Waals surface area contributed by atoms with Crippen molar-refractivity contribution in [1.29, 1.82) is 0 Å². The maximum atomic E-state index is 2.34. The van der Waals surface area contributed by atoms with Gasteiger partial charge in [-0.15, -0.1) is 8.58 Å². The molecule has 0 saturated carbocycles. The van der Waals surface area contributed by atoms with Crippen molar-refractivity contribution in [1.82, 2.24) is 0 Å². The highest BCUT2D eigenvalue weighted by Crippen LogP contribution is 2.18. The lowest BCUT2D eigenvalue weighted by Gasteiger charge is -2.04. The largest absolute Gasteiger partial charge is 0.122 e. The summed E-state index contributed by atoms with van der Waals surface area (Å²) in [4.78, 5) is 0. The molecule has 1 heteroatoms. The maximum absolute atomic E-state index is 2.34. The van der Waals surface area contributed by atoms with Crippen LogP contribution in [-0.2, 0) is 0 Å². The van der Waals surface area contributed by atoms with Gasteiger partial charge in [0.05, 0.1) is 0 Å².